The van der Waals surface area contributed by atoms with E-state index in [1.807, 2.05) is 17.7 Å². The van der Waals surface area contributed by atoms with Crippen LogP contribution < -0.4 is 5.73 Å². The van der Waals surface area contributed by atoms with Gasteiger partial charge < -0.3 is 5.73 Å². The van der Waals surface area contributed by atoms with Crippen molar-refractivity contribution in [1.82, 2.24) is 19.7 Å². The van der Waals surface area contributed by atoms with Crippen LogP contribution in [0.5, 0.6) is 0 Å². The predicted octanol–water partition coefficient (Wildman–Crippen LogP) is 0.942. The first kappa shape index (κ1) is 8.68. The second-order valence-electron chi connectivity index (χ2n) is 2.87. The van der Waals surface area contributed by atoms with E-state index in [0.29, 0.717) is 5.82 Å². The van der Waals surface area contributed by atoms with Gasteiger partial charge in [-0.25, -0.2) is 14.6 Å². The Morgan fingerprint density at radius 2 is 2.21 bits per heavy atom. The second kappa shape index (κ2) is 3.45. The molecule has 0 aliphatic carbocycles. The molecule has 0 aliphatic rings. The van der Waals surface area contributed by atoms with Gasteiger partial charge in [0, 0.05) is 18.3 Å². The number of nitrogens with two attached hydrogens (primary N) is 1. The van der Waals surface area contributed by atoms with E-state index in [-0.39, 0.29) is 0 Å². The Labute approximate surface area is 81.6 Å². The highest BCUT2D eigenvalue weighted by molar-refractivity contribution is 5.55. The fraction of sp³-hybridized carbons (Fsp3) is 0.222. The van der Waals surface area contributed by atoms with E-state index < -0.39 is 0 Å². The molecule has 72 valence electrons. The standard InChI is InChI=1S/C9H11N5/c1-2-14-9(12-6-13-14)7-3-4-8(10)11-5-7/h3-6H,2H2,1H3,(H2,10,11). The molecule has 2 aromatic heterocycles. The minimum Gasteiger partial charge on any atom is -0.384 e. The van der Waals surface area contributed by atoms with Crippen LogP contribution in [0.1, 0.15) is 6.92 Å². The number of rotatable bonds is 2. The minimum absolute atomic E-state index is 0.510. The van der Waals surface area contributed by atoms with Crippen LogP contribution in [0, 0.1) is 0 Å². The average molecular weight is 189 g/mol. The normalized spacial score (nSPS) is 10.4. The van der Waals surface area contributed by atoms with E-state index in [4.69, 9.17) is 5.73 Å². The van der Waals surface area contributed by atoms with Crippen LogP contribution in [-0.2, 0) is 6.54 Å². The van der Waals surface area contributed by atoms with Gasteiger partial charge >= 0.3 is 0 Å². The number of pyridine rings is 1. The Kier molecular flexibility index (Phi) is 2.14. The maximum atomic E-state index is 5.50. The third kappa shape index (κ3) is 1.44. The summed E-state index contributed by atoms with van der Waals surface area (Å²) in [6.45, 7) is 2.81. The van der Waals surface area contributed by atoms with Gasteiger partial charge in [-0.2, -0.15) is 5.10 Å². The zero-order valence-electron chi connectivity index (χ0n) is 7.88. The van der Waals surface area contributed by atoms with Crippen molar-refractivity contribution in [2.75, 3.05) is 5.73 Å². The molecule has 0 aromatic carbocycles. The number of anilines is 1. The highest BCUT2D eigenvalue weighted by Crippen LogP contribution is 2.15. The summed E-state index contributed by atoms with van der Waals surface area (Å²) in [5, 5.41) is 4.08. The zero-order valence-corrected chi connectivity index (χ0v) is 7.88. The topological polar surface area (TPSA) is 69.6 Å². The van der Waals surface area contributed by atoms with Gasteiger partial charge in [-0.3, -0.25) is 0 Å². The van der Waals surface area contributed by atoms with Crippen molar-refractivity contribution < 1.29 is 0 Å². The Balaban J connectivity index is 2.44. The highest BCUT2D eigenvalue weighted by atomic mass is 15.3. The molecule has 0 radical (unpaired) electrons. The van der Waals surface area contributed by atoms with Crippen LogP contribution in [0.3, 0.4) is 0 Å². The van der Waals surface area contributed by atoms with Crippen LogP contribution in [0.2, 0.25) is 0 Å². The molecule has 2 heterocycles. The van der Waals surface area contributed by atoms with Gasteiger partial charge in [0.1, 0.15) is 12.1 Å². The van der Waals surface area contributed by atoms with Gasteiger partial charge in [-0.15, -0.1) is 0 Å². The monoisotopic (exact) mass is 189 g/mol. The highest BCUT2D eigenvalue weighted by Gasteiger charge is 2.05. The molecule has 14 heavy (non-hydrogen) atoms. The lowest BCUT2D eigenvalue weighted by Crippen LogP contribution is -2.00. The fourth-order valence-corrected chi connectivity index (χ4v) is 1.26. The molecule has 0 amide bonds. The molecule has 2 rings (SSSR count). The summed E-state index contributed by atoms with van der Waals surface area (Å²) < 4.78 is 1.81. The third-order valence-corrected chi connectivity index (χ3v) is 1.96. The number of nitrogen functional groups attached to an aromatic ring is 1. The van der Waals surface area contributed by atoms with Crippen LogP contribution in [0.25, 0.3) is 11.4 Å². The molecule has 0 unspecified atom stereocenters. The van der Waals surface area contributed by atoms with E-state index in [2.05, 4.69) is 15.1 Å². The lowest BCUT2D eigenvalue weighted by Gasteiger charge is -2.02. The summed E-state index contributed by atoms with van der Waals surface area (Å²) in [6.07, 6.45) is 3.24. The van der Waals surface area contributed by atoms with Gasteiger partial charge in [0.25, 0.3) is 0 Å². The molecule has 0 saturated heterocycles. The van der Waals surface area contributed by atoms with E-state index in [1.165, 1.54) is 6.33 Å². The lowest BCUT2D eigenvalue weighted by atomic mass is 10.2. The Hall–Kier alpha value is -1.91. The second-order valence-corrected chi connectivity index (χ2v) is 2.87. The predicted molar refractivity (Wildman–Crippen MR) is 53.3 cm³/mol. The summed E-state index contributed by atoms with van der Waals surface area (Å²) in [4.78, 5) is 8.17. The quantitative estimate of drug-likeness (QED) is 0.763. The molecule has 2 N–H and O–H groups in total. The molecule has 0 bridgehead atoms. The zero-order chi connectivity index (χ0) is 9.97. The van der Waals surface area contributed by atoms with E-state index in [0.717, 1.165) is 17.9 Å². The van der Waals surface area contributed by atoms with Crippen molar-refractivity contribution in [3.63, 3.8) is 0 Å². The molecule has 0 saturated carbocycles. The summed E-state index contributed by atoms with van der Waals surface area (Å²) >= 11 is 0. The van der Waals surface area contributed by atoms with Crippen molar-refractivity contribution in [1.29, 1.82) is 0 Å². The Bertz CT molecular complexity index is 417. The van der Waals surface area contributed by atoms with Crippen molar-refractivity contribution in [3.8, 4) is 11.4 Å². The van der Waals surface area contributed by atoms with Gasteiger partial charge in [-0.1, -0.05) is 0 Å². The number of aryl methyl sites for hydroxylation is 1. The van der Waals surface area contributed by atoms with Gasteiger partial charge in [0.05, 0.1) is 0 Å². The maximum Gasteiger partial charge on any atom is 0.159 e. The molecule has 0 aliphatic heterocycles. The number of hydrogen-bond acceptors (Lipinski definition) is 4. The molecule has 5 nitrogen and oxygen atoms in total. The Morgan fingerprint density at radius 1 is 1.36 bits per heavy atom. The fourth-order valence-electron chi connectivity index (χ4n) is 1.26. The molecular weight excluding hydrogens is 178 g/mol. The molecular formula is C9H11N5. The van der Waals surface area contributed by atoms with Crippen molar-refractivity contribution in [3.05, 3.63) is 24.7 Å². The smallest absolute Gasteiger partial charge is 0.159 e. The first-order valence-corrected chi connectivity index (χ1v) is 4.41. The van der Waals surface area contributed by atoms with E-state index in [9.17, 15) is 0 Å². The SMILES string of the molecule is CCn1ncnc1-c1ccc(N)nc1. The van der Waals surface area contributed by atoms with Gasteiger partial charge in [0.15, 0.2) is 5.82 Å². The number of hydrogen-bond donors (Lipinski definition) is 1. The average Bonchev–Trinajstić information content (AvgIpc) is 2.67. The van der Waals surface area contributed by atoms with Crippen molar-refractivity contribution in [2.24, 2.45) is 0 Å². The van der Waals surface area contributed by atoms with Gasteiger partial charge in [-0.05, 0) is 19.1 Å². The summed E-state index contributed by atoms with van der Waals surface area (Å²) in [7, 11) is 0. The third-order valence-electron chi connectivity index (χ3n) is 1.96. The Morgan fingerprint density at radius 3 is 2.86 bits per heavy atom. The lowest BCUT2D eigenvalue weighted by molar-refractivity contribution is 0.665. The van der Waals surface area contributed by atoms with Crippen LogP contribution >= 0.6 is 0 Å². The molecule has 5 heteroatoms. The number of aromatic nitrogens is 4. The van der Waals surface area contributed by atoms with E-state index >= 15 is 0 Å². The van der Waals surface area contributed by atoms with Crippen molar-refractivity contribution >= 4 is 5.82 Å². The van der Waals surface area contributed by atoms with Crippen LogP contribution in [0.4, 0.5) is 5.82 Å². The van der Waals surface area contributed by atoms with Crippen LogP contribution in [-0.4, -0.2) is 19.7 Å². The first-order valence-electron chi connectivity index (χ1n) is 4.41. The van der Waals surface area contributed by atoms with Gasteiger partial charge in [0.2, 0.25) is 0 Å². The van der Waals surface area contributed by atoms with Crippen LogP contribution in [0.15, 0.2) is 24.7 Å². The molecule has 0 spiro atoms. The summed E-state index contributed by atoms with van der Waals surface area (Å²) in [5.41, 5.74) is 6.43. The maximum absolute atomic E-state index is 5.50. The molecule has 0 atom stereocenters. The first-order chi connectivity index (χ1) is 6.81. The number of nitrogens with zero attached hydrogens (tertiary/aromatic N) is 4. The van der Waals surface area contributed by atoms with Crippen molar-refractivity contribution in [2.45, 2.75) is 13.5 Å². The van der Waals surface area contributed by atoms with E-state index in [1.54, 1.807) is 12.3 Å². The minimum atomic E-state index is 0.510. The summed E-state index contributed by atoms with van der Waals surface area (Å²) in [5.74, 6) is 1.33. The molecule has 0 fully saturated rings. The summed E-state index contributed by atoms with van der Waals surface area (Å²) in [6, 6.07) is 3.64. The largest absolute Gasteiger partial charge is 0.384 e. The molecule has 2 aromatic rings.